The Morgan fingerprint density at radius 1 is 1.25 bits per heavy atom. The van der Waals surface area contributed by atoms with Gasteiger partial charge in [0.1, 0.15) is 0 Å². The van der Waals surface area contributed by atoms with Crippen LogP contribution in [0.5, 0.6) is 0 Å². The van der Waals surface area contributed by atoms with E-state index in [2.05, 4.69) is 70.5 Å². The molecule has 0 spiro atoms. The highest BCUT2D eigenvalue weighted by Gasteiger charge is 2.14. The van der Waals surface area contributed by atoms with Crippen LogP contribution in [-0.4, -0.2) is 9.78 Å². The number of aryl methyl sites for hydroxylation is 2. The number of benzene rings is 1. The van der Waals surface area contributed by atoms with Gasteiger partial charge in [-0.3, -0.25) is 4.68 Å². The third-order valence-corrected chi connectivity index (χ3v) is 4.54. The summed E-state index contributed by atoms with van der Waals surface area (Å²) in [6.07, 6.45) is 2.02. The Morgan fingerprint density at radius 3 is 2.50 bits per heavy atom. The van der Waals surface area contributed by atoms with Gasteiger partial charge in [0, 0.05) is 19.6 Å². The van der Waals surface area contributed by atoms with E-state index in [0.29, 0.717) is 6.04 Å². The zero-order valence-corrected chi connectivity index (χ0v) is 13.9. The van der Waals surface area contributed by atoms with Gasteiger partial charge in [0.25, 0.3) is 0 Å². The van der Waals surface area contributed by atoms with Crippen molar-refractivity contribution < 1.29 is 0 Å². The van der Waals surface area contributed by atoms with Crippen molar-refractivity contribution in [2.24, 2.45) is 7.05 Å². The SMILES string of the molecule is CCc1nn(C)c(CNC(CC)c2ccccc2)c1Br. The van der Waals surface area contributed by atoms with E-state index < -0.39 is 0 Å². The molecule has 0 aliphatic heterocycles. The van der Waals surface area contributed by atoms with Crippen molar-refractivity contribution in [3.05, 3.63) is 51.8 Å². The summed E-state index contributed by atoms with van der Waals surface area (Å²) in [5.74, 6) is 0. The summed E-state index contributed by atoms with van der Waals surface area (Å²) in [6, 6.07) is 11.0. The normalized spacial score (nSPS) is 12.6. The molecule has 0 bridgehead atoms. The summed E-state index contributed by atoms with van der Waals surface area (Å²) >= 11 is 3.67. The molecule has 3 nitrogen and oxygen atoms in total. The maximum absolute atomic E-state index is 4.53. The molecule has 108 valence electrons. The van der Waals surface area contributed by atoms with E-state index in [4.69, 9.17) is 0 Å². The fourth-order valence-corrected chi connectivity index (χ4v) is 3.17. The van der Waals surface area contributed by atoms with Crippen LogP contribution in [-0.2, 0) is 20.0 Å². The standard InChI is InChI=1S/C16H22BrN3/c1-4-13(12-9-7-6-8-10-12)18-11-15-16(17)14(5-2)19-20(15)3/h6-10,13,18H,4-5,11H2,1-3H3. The van der Waals surface area contributed by atoms with Crippen LogP contribution in [0.2, 0.25) is 0 Å². The molecule has 1 heterocycles. The Bertz CT molecular complexity index is 548. The third kappa shape index (κ3) is 3.30. The van der Waals surface area contributed by atoms with E-state index in [1.54, 1.807) is 0 Å². The van der Waals surface area contributed by atoms with Crippen molar-refractivity contribution in [3.63, 3.8) is 0 Å². The van der Waals surface area contributed by atoms with E-state index in [1.807, 2.05) is 11.7 Å². The molecular formula is C16H22BrN3. The zero-order valence-electron chi connectivity index (χ0n) is 12.4. The average molecular weight is 336 g/mol. The number of hydrogen-bond donors (Lipinski definition) is 1. The van der Waals surface area contributed by atoms with Gasteiger partial charge in [-0.05, 0) is 34.3 Å². The molecular weight excluding hydrogens is 314 g/mol. The molecule has 1 unspecified atom stereocenters. The van der Waals surface area contributed by atoms with Crippen molar-refractivity contribution >= 4 is 15.9 Å². The van der Waals surface area contributed by atoms with Crippen LogP contribution in [0.25, 0.3) is 0 Å². The molecule has 2 rings (SSSR count). The smallest absolute Gasteiger partial charge is 0.0767 e. The first-order chi connectivity index (χ1) is 9.67. The molecule has 20 heavy (non-hydrogen) atoms. The maximum atomic E-state index is 4.53. The Morgan fingerprint density at radius 2 is 1.95 bits per heavy atom. The summed E-state index contributed by atoms with van der Waals surface area (Å²) in [5, 5.41) is 8.17. The summed E-state index contributed by atoms with van der Waals surface area (Å²) in [6.45, 7) is 5.15. The van der Waals surface area contributed by atoms with E-state index in [0.717, 1.165) is 29.6 Å². The molecule has 0 amide bonds. The molecule has 1 aromatic carbocycles. The second-order valence-electron chi connectivity index (χ2n) is 4.94. The summed E-state index contributed by atoms with van der Waals surface area (Å²) in [5.41, 5.74) is 3.66. The molecule has 0 saturated carbocycles. The molecule has 2 aromatic rings. The second kappa shape index (κ2) is 7.04. The Kier molecular flexibility index (Phi) is 5.38. The predicted molar refractivity (Wildman–Crippen MR) is 86.6 cm³/mol. The summed E-state index contributed by atoms with van der Waals surface area (Å²) in [7, 11) is 2.00. The lowest BCUT2D eigenvalue weighted by atomic mass is 10.0. The molecule has 4 heteroatoms. The molecule has 1 aromatic heterocycles. The van der Waals surface area contributed by atoms with Crippen LogP contribution in [0, 0.1) is 0 Å². The van der Waals surface area contributed by atoms with Crippen LogP contribution in [0.1, 0.15) is 43.3 Å². The Balaban J connectivity index is 2.09. The summed E-state index contributed by atoms with van der Waals surface area (Å²) in [4.78, 5) is 0. The number of nitrogens with zero attached hydrogens (tertiary/aromatic N) is 2. The zero-order chi connectivity index (χ0) is 14.5. The highest BCUT2D eigenvalue weighted by atomic mass is 79.9. The number of aromatic nitrogens is 2. The van der Waals surface area contributed by atoms with Gasteiger partial charge in [0.15, 0.2) is 0 Å². The van der Waals surface area contributed by atoms with E-state index in [-0.39, 0.29) is 0 Å². The van der Waals surface area contributed by atoms with Crippen molar-refractivity contribution in [2.45, 2.75) is 39.3 Å². The topological polar surface area (TPSA) is 29.9 Å². The van der Waals surface area contributed by atoms with Crippen LogP contribution >= 0.6 is 15.9 Å². The highest BCUT2D eigenvalue weighted by molar-refractivity contribution is 9.10. The van der Waals surface area contributed by atoms with Gasteiger partial charge in [-0.25, -0.2) is 0 Å². The maximum Gasteiger partial charge on any atom is 0.0767 e. The predicted octanol–water partition coefficient (Wildman–Crippen LogP) is 3.99. The lowest BCUT2D eigenvalue weighted by molar-refractivity contribution is 0.502. The number of rotatable bonds is 6. The monoisotopic (exact) mass is 335 g/mol. The van der Waals surface area contributed by atoms with Gasteiger partial charge in [0.2, 0.25) is 0 Å². The van der Waals surface area contributed by atoms with Crippen LogP contribution in [0.3, 0.4) is 0 Å². The molecule has 1 N–H and O–H groups in total. The molecule has 0 aliphatic rings. The molecule has 0 aliphatic carbocycles. The minimum Gasteiger partial charge on any atom is -0.304 e. The van der Waals surface area contributed by atoms with Gasteiger partial charge < -0.3 is 5.32 Å². The van der Waals surface area contributed by atoms with Crippen molar-refractivity contribution in [1.29, 1.82) is 0 Å². The fraction of sp³-hybridized carbons (Fsp3) is 0.438. The minimum atomic E-state index is 0.378. The van der Waals surface area contributed by atoms with Crippen LogP contribution in [0.4, 0.5) is 0 Å². The van der Waals surface area contributed by atoms with Gasteiger partial charge in [-0.15, -0.1) is 0 Å². The van der Waals surface area contributed by atoms with Crippen molar-refractivity contribution in [2.75, 3.05) is 0 Å². The van der Waals surface area contributed by atoms with Gasteiger partial charge in [-0.1, -0.05) is 44.2 Å². The number of hydrogen-bond acceptors (Lipinski definition) is 2. The number of nitrogens with one attached hydrogen (secondary N) is 1. The first-order valence-corrected chi connectivity index (χ1v) is 7.95. The van der Waals surface area contributed by atoms with Crippen molar-refractivity contribution in [3.8, 4) is 0 Å². The largest absolute Gasteiger partial charge is 0.304 e. The van der Waals surface area contributed by atoms with Gasteiger partial charge in [0.05, 0.1) is 15.9 Å². The second-order valence-corrected chi connectivity index (χ2v) is 5.73. The lowest BCUT2D eigenvalue weighted by Crippen LogP contribution is -2.21. The van der Waals surface area contributed by atoms with E-state index in [9.17, 15) is 0 Å². The van der Waals surface area contributed by atoms with Gasteiger partial charge in [-0.2, -0.15) is 5.10 Å². The first-order valence-electron chi connectivity index (χ1n) is 7.15. The minimum absolute atomic E-state index is 0.378. The van der Waals surface area contributed by atoms with E-state index in [1.165, 1.54) is 11.3 Å². The summed E-state index contributed by atoms with van der Waals surface area (Å²) < 4.78 is 3.10. The molecule has 0 radical (unpaired) electrons. The van der Waals surface area contributed by atoms with Crippen LogP contribution < -0.4 is 5.32 Å². The Hall–Kier alpha value is -1.13. The quantitative estimate of drug-likeness (QED) is 0.865. The fourth-order valence-electron chi connectivity index (χ4n) is 2.41. The molecule has 0 fully saturated rings. The van der Waals surface area contributed by atoms with E-state index >= 15 is 0 Å². The Labute approximate surface area is 129 Å². The molecule has 1 atom stereocenters. The van der Waals surface area contributed by atoms with Crippen molar-refractivity contribution in [1.82, 2.24) is 15.1 Å². The molecule has 0 saturated heterocycles. The number of halogens is 1. The lowest BCUT2D eigenvalue weighted by Gasteiger charge is -2.17. The van der Waals surface area contributed by atoms with Crippen LogP contribution in [0.15, 0.2) is 34.8 Å². The average Bonchev–Trinajstić information content (AvgIpc) is 2.76. The first kappa shape index (κ1) is 15.3. The van der Waals surface area contributed by atoms with Gasteiger partial charge >= 0.3 is 0 Å². The highest BCUT2D eigenvalue weighted by Crippen LogP contribution is 2.23. The third-order valence-electron chi connectivity index (χ3n) is 3.63.